The van der Waals surface area contributed by atoms with E-state index in [1.165, 1.54) is 10.9 Å². The Morgan fingerprint density at radius 1 is 0.947 bits per heavy atom. The van der Waals surface area contributed by atoms with Crippen LogP contribution in [-0.4, -0.2) is 112 Å². The van der Waals surface area contributed by atoms with Crippen molar-refractivity contribution in [2.24, 2.45) is 16.5 Å². The first kappa shape index (κ1) is 43.4. The summed E-state index contributed by atoms with van der Waals surface area (Å²) in [5.74, 6) is -4.70. The first-order chi connectivity index (χ1) is 27.4. The number of guanidine groups is 1. The highest BCUT2D eigenvalue weighted by atomic mass is 19.1. The molecule has 4 rings (SSSR count). The molecule has 1 unspecified atom stereocenters. The van der Waals surface area contributed by atoms with Crippen molar-refractivity contribution < 1.29 is 38.3 Å². The number of fused-ring (bicyclic) bond motifs is 2. The maximum Gasteiger partial charge on any atom is 0.305 e. The Kier molecular flexibility index (Phi) is 17.0. The smallest absolute Gasteiger partial charge is 0.305 e. The monoisotopic (exact) mass is 798 g/mol. The Morgan fingerprint density at radius 2 is 1.72 bits per heavy atom. The lowest BCUT2D eigenvalue weighted by Gasteiger charge is -2.24. The molecule has 22 heteroatoms. The van der Waals surface area contributed by atoms with E-state index in [0.29, 0.717) is 25.7 Å². The van der Waals surface area contributed by atoms with E-state index in [1.807, 2.05) is 30.3 Å². The maximum atomic E-state index is 14.0. The summed E-state index contributed by atoms with van der Waals surface area (Å²) in [5.41, 5.74) is 18.4. The Hall–Kier alpha value is -6.32. The Labute approximate surface area is 327 Å². The normalized spacial score (nSPS) is 20.3. The van der Waals surface area contributed by atoms with E-state index in [2.05, 4.69) is 52.8 Å². The summed E-state index contributed by atoms with van der Waals surface area (Å²) in [7, 11) is 0. The molecule has 2 aliphatic heterocycles. The summed E-state index contributed by atoms with van der Waals surface area (Å²) in [6.45, 7) is -0.616. The van der Waals surface area contributed by atoms with E-state index in [1.54, 1.807) is 11.2 Å². The lowest BCUT2D eigenvalue weighted by molar-refractivity contribution is -0.141. The number of rotatable bonds is 18. The van der Waals surface area contributed by atoms with Gasteiger partial charge in [-0.3, -0.25) is 43.2 Å². The molecule has 0 saturated carbocycles. The number of nitrogens with two attached hydrogens (primary N) is 2. The number of nitrogens with one attached hydrogen (secondary N) is 7. The summed E-state index contributed by atoms with van der Waals surface area (Å²) < 4.78 is 13.8. The first-order valence-electron chi connectivity index (χ1n) is 18.6. The van der Waals surface area contributed by atoms with Gasteiger partial charge in [-0.25, -0.2) is 4.68 Å². The third-order valence-electron chi connectivity index (χ3n) is 8.93. The lowest BCUT2D eigenvalue weighted by Crippen LogP contribution is -2.53. The van der Waals surface area contributed by atoms with Crippen LogP contribution in [0.5, 0.6) is 0 Å². The van der Waals surface area contributed by atoms with Crippen LogP contribution >= 0.6 is 0 Å². The summed E-state index contributed by atoms with van der Waals surface area (Å²) in [5, 5.41) is 32.9. The fraction of sp³-hybridized carbons (Fsp3) is 0.514. The molecule has 0 aliphatic carbocycles. The fourth-order valence-electron chi connectivity index (χ4n) is 6.06. The number of hydrogen-bond acceptors (Lipinski definition) is 12. The Bertz CT molecular complexity index is 1750. The molecule has 0 fully saturated rings. The number of allylic oxidation sites excluding steroid dienone is 1. The van der Waals surface area contributed by atoms with Crippen LogP contribution in [0, 0.1) is 0 Å². The van der Waals surface area contributed by atoms with Crippen molar-refractivity contribution in [3.8, 4) is 0 Å². The zero-order chi connectivity index (χ0) is 41.2. The van der Waals surface area contributed by atoms with Gasteiger partial charge in [-0.2, -0.15) is 0 Å². The van der Waals surface area contributed by atoms with E-state index >= 15 is 0 Å². The van der Waals surface area contributed by atoms with Crippen LogP contribution in [0.3, 0.4) is 0 Å². The van der Waals surface area contributed by atoms with Crippen LogP contribution in [0.25, 0.3) is 0 Å². The van der Waals surface area contributed by atoms with Gasteiger partial charge < -0.3 is 48.6 Å². The number of alkyl halides is 1. The number of benzene rings is 1. The van der Waals surface area contributed by atoms with E-state index in [9.17, 15) is 38.3 Å². The van der Waals surface area contributed by atoms with Gasteiger partial charge in [0.05, 0.1) is 31.9 Å². The number of unbranched alkanes of at least 4 members (excludes halogenated alkanes) is 1. The number of aliphatic carboxylic acids is 1. The number of hydrazine groups is 2. The molecule has 5 amide bonds. The summed E-state index contributed by atoms with van der Waals surface area (Å²) >= 11 is 0. The number of amides is 5. The van der Waals surface area contributed by atoms with Crippen LogP contribution in [-0.2, 0) is 35.2 Å². The predicted octanol–water partition coefficient (Wildman–Crippen LogP) is -1.95. The number of carboxylic acid groups (broad SMARTS) is 1. The van der Waals surface area contributed by atoms with Gasteiger partial charge in [-0.15, -0.1) is 10.6 Å². The number of hydrogen-bond donors (Lipinski definition) is 10. The van der Waals surface area contributed by atoms with Gasteiger partial charge in [0, 0.05) is 25.0 Å². The SMILES string of the molecule is NC(N)=NCCC[C@@H]1NC(=O)[C@H](CCCCNC(=O)CN2C=C(CCCF)NN2)n2cc(nn2)[C@H](Cc2ccccc2)NC(=O)C(CC(=O)O)NC(=O)CNC1=O. The standard InChI is InChI=1S/C35H51FN14O7/c36-13-6-10-23-19-49(47-45-23)21-30(52)39-14-5-4-12-28-34(57)43-24(11-7-15-40-35(37)38)32(55)41-18-29(51)42-26(17-31(53)54)33(56)44-25(27-20-50(28)48-46-27)16-22-8-2-1-3-9-22/h1-3,8-9,19-20,24-26,28,45,47H,4-7,10-18,21H2,(H,39,52)(H,41,55)(H,42,51)(H,43,57)(H,44,56)(H,53,54)(H4,37,38,40)/t24-,25-,26?,28-/m0/s1. The highest BCUT2D eigenvalue weighted by Crippen LogP contribution is 2.21. The molecule has 2 aliphatic rings. The van der Waals surface area contributed by atoms with Crippen molar-refractivity contribution in [1.82, 2.24) is 57.5 Å². The molecule has 1 aromatic heterocycles. The molecule has 12 N–H and O–H groups in total. The van der Waals surface area contributed by atoms with Crippen molar-refractivity contribution in [3.05, 3.63) is 59.7 Å². The Morgan fingerprint density at radius 3 is 2.46 bits per heavy atom. The molecule has 310 valence electrons. The number of aromatic nitrogens is 3. The third-order valence-corrected chi connectivity index (χ3v) is 8.93. The second-order valence-electron chi connectivity index (χ2n) is 13.5. The molecule has 2 bridgehead atoms. The quantitative estimate of drug-likeness (QED) is 0.0446. The van der Waals surface area contributed by atoms with Crippen molar-refractivity contribution in [1.29, 1.82) is 0 Å². The maximum absolute atomic E-state index is 14.0. The van der Waals surface area contributed by atoms with Gasteiger partial charge in [-0.05, 0) is 56.9 Å². The van der Waals surface area contributed by atoms with Crippen LogP contribution in [0.1, 0.15) is 74.7 Å². The number of halogens is 1. The molecular weight excluding hydrogens is 747 g/mol. The van der Waals surface area contributed by atoms with Crippen LogP contribution < -0.4 is 49.0 Å². The molecule has 0 spiro atoms. The van der Waals surface area contributed by atoms with Gasteiger partial charge >= 0.3 is 5.97 Å². The van der Waals surface area contributed by atoms with Crippen LogP contribution in [0.15, 0.2) is 53.4 Å². The van der Waals surface area contributed by atoms with Crippen LogP contribution in [0.4, 0.5) is 4.39 Å². The van der Waals surface area contributed by atoms with E-state index in [4.69, 9.17) is 11.5 Å². The topological polar surface area (TPSA) is 305 Å². The minimum atomic E-state index is -1.50. The highest BCUT2D eigenvalue weighted by Gasteiger charge is 2.32. The zero-order valence-corrected chi connectivity index (χ0v) is 31.4. The molecule has 0 saturated heterocycles. The van der Waals surface area contributed by atoms with Gasteiger partial charge in [0.2, 0.25) is 29.5 Å². The van der Waals surface area contributed by atoms with Crippen molar-refractivity contribution >= 4 is 41.5 Å². The minimum Gasteiger partial charge on any atom is -0.481 e. The summed E-state index contributed by atoms with van der Waals surface area (Å²) in [6, 6.07) is 4.60. The van der Waals surface area contributed by atoms with Gasteiger partial charge in [0.15, 0.2) is 5.96 Å². The lowest BCUT2D eigenvalue weighted by atomic mass is 10.0. The second kappa shape index (κ2) is 22.3. The Balaban J connectivity index is 1.55. The molecular formula is C35H51FN14O7. The number of carbonyl (C=O) groups excluding carboxylic acids is 5. The van der Waals surface area contributed by atoms with Crippen molar-refractivity contribution in [2.45, 2.75) is 82.0 Å². The van der Waals surface area contributed by atoms with E-state index in [0.717, 1.165) is 11.3 Å². The number of carboxylic acids is 1. The van der Waals surface area contributed by atoms with E-state index < -0.39 is 73.4 Å². The zero-order valence-electron chi connectivity index (χ0n) is 31.4. The fourth-order valence-corrected chi connectivity index (χ4v) is 6.06. The second-order valence-corrected chi connectivity index (χ2v) is 13.5. The molecule has 0 radical (unpaired) electrons. The number of aliphatic imine (C=N–C) groups is 1. The predicted molar refractivity (Wildman–Crippen MR) is 202 cm³/mol. The minimum absolute atomic E-state index is 0.00489. The average molecular weight is 799 g/mol. The summed E-state index contributed by atoms with van der Waals surface area (Å²) in [6.07, 6.45) is 4.97. The number of nitrogens with zero attached hydrogens (tertiary/aromatic N) is 5. The van der Waals surface area contributed by atoms with Crippen molar-refractivity contribution in [2.75, 3.05) is 32.9 Å². The van der Waals surface area contributed by atoms with Gasteiger partial charge in [0.25, 0.3) is 0 Å². The molecule has 57 heavy (non-hydrogen) atoms. The molecule has 21 nitrogen and oxygen atoms in total. The first-order valence-corrected chi connectivity index (χ1v) is 18.6. The van der Waals surface area contributed by atoms with Gasteiger partial charge in [0.1, 0.15) is 30.4 Å². The third kappa shape index (κ3) is 14.7. The summed E-state index contributed by atoms with van der Waals surface area (Å²) in [4.78, 5) is 82.1. The molecule has 2 aromatic rings. The largest absolute Gasteiger partial charge is 0.481 e. The van der Waals surface area contributed by atoms with Crippen molar-refractivity contribution in [3.63, 3.8) is 0 Å². The number of carbonyl (C=O) groups is 6. The highest BCUT2D eigenvalue weighted by molar-refractivity contribution is 5.94. The molecule has 3 heterocycles. The van der Waals surface area contributed by atoms with Crippen LogP contribution in [0.2, 0.25) is 0 Å². The van der Waals surface area contributed by atoms with Gasteiger partial charge in [-0.1, -0.05) is 35.5 Å². The molecule has 1 aromatic carbocycles. The molecule has 4 atom stereocenters. The average Bonchev–Trinajstić information content (AvgIpc) is 3.84. The van der Waals surface area contributed by atoms with E-state index in [-0.39, 0.29) is 62.9 Å².